The van der Waals surface area contributed by atoms with Crippen LogP contribution in [0.1, 0.15) is 11.1 Å². The molecule has 1 aliphatic rings. The van der Waals surface area contributed by atoms with Crippen molar-refractivity contribution in [2.75, 3.05) is 6.61 Å². The minimum atomic E-state index is -0.493. The van der Waals surface area contributed by atoms with E-state index in [2.05, 4.69) is 27.1 Å². The molecule has 1 aromatic heterocycles. The van der Waals surface area contributed by atoms with Gasteiger partial charge in [0.05, 0.1) is 24.4 Å². The number of hydrogen-bond donors (Lipinski definition) is 0. The molecule has 0 atom stereocenters. The summed E-state index contributed by atoms with van der Waals surface area (Å²) in [5.74, 6) is 0.818. The van der Waals surface area contributed by atoms with Crippen LogP contribution in [0.5, 0.6) is 5.75 Å². The predicted octanol–water partition coefficient (Wildman–Crippen LogP) is 2.73. The van der Waals surface area contributed by atoms with Gasteiger partial charge in [0, 0.05) is 6.42 Å². The first kappa shape index (κ1) is 13.1. The van der Waals surface area contributed by atoms with Gasteiger partial charge in [-0.15, -0.1) is 0 Å². The molecular formula is C13H12BrN3O3. The van der Waals surface area contributed by atoms with E-state index in [-0.39, 0.29) is 5.82 Å². The summed E-state index contributed by atoms with van der Waals surface area (Å²) in [5, 5.41) is 14.7. The molecular weight excluding hydrogens is 326 g/mol. The Hall–Kier alpha value is -1.89. The minimum Gasteiger partial charge on any atom is -0.493 e. The van der Waals surface area contributed by atoms with Crippen molar-refractivity contribution in [3.05, 3.63) is 50.1 Å². The van der Waals surface area contributed by atoms with E-state index in [1.807, 2.05) is 12.1 Å². The number of fused-ring (bicyclic) bond motifs is 1. The van der Waals surface area contributed by atoms with Gasteiger partial charge in [0.1, 0.15) is 10.2 Å². The molecule has 1 aromatic carbocycles. The molecule has 0 bridgehead atoms. The van der Waals surface area contributed by atoms with E-state index in [0.29, 0.717) is 11.0 Å². The first-order valence-corrected chi connectivity index (χ1v) is 7.05. The predicted molar refractivity (Wildman–Crippen MR) is 75.9 cm³/mol. The SMILES string of the molecule is O=[N+]([O-])c1nn(CCc2ccc3c(c2)CCO3)cc1Br. The summed E-state index contributed by atoms with van der Waals surface area (Å²) in [6.07, 6.45) is 3.36. The molecule has 1 aliphatic heterocycles. The molecule has 0 N–H and O–H groups in total. The largest absolute Gasteiger partial charge is 0.493 e. The monoisotopic (exact) mass is 337 g/mol. The van der Waals surface area contributed by atoms with E-state index in [4.69, 9.17) is 4.74 Å². The molecule has 0 amide bonds. The number of nitrogens with zero attached hydrogens (tertiary/aromatic N) is 3. The Morgan fingerprint density at radius 3 is 3.10 bits per heavy atom. The standard InChI is InChI=1S/C13H12BrN3O3/c14-11-8-16(15-13(11)17(18)19)5-3-9-1-2-12-10(7-9)4-6-20-12/h1-2,7-8H,3-6H2. The Bertz CT molecular complexity index is 669. The van der Waals surface area contributed by atoms with Gasteiger partial charge in [-0.2, -0.15) is 4.68 Å². The van der Waals surface area contributed by atoms with Gasteiger partial charge >= 0.3 is 5.82 Å². The number of halogens is 1. The van der Waals surface area contributed by atoms with Crippen LogP contribution >= 0.6 is 15.9 Å². The summed E-state index contributed by atoms with van der Waals surface area (Å²) >= 11 is 3.14. The molecule has 0 spiro atoms. The van der Waals surface area contributed by atoms with Crippen LogP contribution in [0.3, 0.4) is 0 Å². The Morgan fingerprint density at radius 2 is 2.35 bits per heavy atom. The highest BCUT2D eigenvalue weighted by Crippen LogP contribution is 2.26. The molecule has 20 heavy (non-hydrogen) atoms. The first-order chi connectivity index (χ1) is 9.63. The van der Waals surface area contributed by atoms with Crippen LogP contribution in [0.4, 0.5) is 5.82 Å². The number of rotatable bonds is 4. The van der Waals surface area contributed by atoms with Gasteiger partial charge in [0.25, 0.3) is 0 Å². The Morgan fingerprint density at radius 1 is 1.50 bits per heavy atom. The fourth-order valence-electron chi connectivity index (χ4n) is 2.26. The maximum absolute atomic E-state index is 10.7. The zero-order chi connectivity index (χ0) is 14.1. The van der Waals surface area contributed by atoms with E-state index in [0.717, 1.165) is 25.2 Å². The number of hydrogen-bond acceptors (Lipinski definition) is 4. The number of ether oxygens (including phenoxy) is 1. The molecule has 2 aromatic rings. The molecule has 0 saturated carbocycles. The fourth-order valence-corrected chi connectivity index (χ4v) is 2.72. The second kappa shape index (κ2) is 5.24. The molecule has 3 rings (SSSR count). The molecule has 2 heterocycles. The molecule has 7 heteroatoms. The number of benzene rings is 1. The van der Waals surface area contributed by atoms with Crippen LogP contribution in [0.25, 0.3) is 0 Å². The van der Waals surface area contributed by atoms with Gasteiger partial charge in [-0.1, -0.05) is 12.1 Å². The van der Waals surface area contributed by atoms with Crippen molar-refractivity contribution in [3.8, 4) is 5.75 Å². The lowest BCUT2D eigenvalue weighted by molar-refractivity contribution is -0.390. The lowest BCUT2D eigenvalue weighted by Gasteiger charge is -2.03. The Kier molecular flexibility index (Phi) is 3.43. The van der Waals surface area contributed by atoms with Crippen molar-refractivity contribution >= 4 is 21.7 Å². The van der Waals surface area contributed by atoms with Gasteiger partial charge in [-0.05, 0) is 44.5 Å². The van der Waals surface area contributed by atoms with Crippen molar-refractivity contribution in [1.82, 2.24) is 9.78 Å². The molecule has 0 unspecified atom stereocenters. The molecule has 0 radical (unpaired) electrons. The zero-order valence-corrected chi connectivity index (χ0v) is 12.2. The Balaban J connectivity index is 1.70. The molecule has 0 fully saturated rings. The van der Waals surface area contributed by atoms with Crippen LogP contribution in [-0.2, 0) is 19.4 Å². The molecule has 0 saturated heterocycles. The summed E-state index contributed by atoms with van der Waals surface area (Å²) in [7, 11) is 0. The maximum atomic E-state index is 10.7. The number of aromatic nitrogens is 2. The second-order valence-corrected chi connectivity index (χ2v) is 5.47. The van der Waals surface area contributed by atoms with Crippen LogP contribution in [0.15, 0.2) is 28.9 Å². The molecule has 104 valence electrons. The lowest BCUT2D eigenvalue weighted by Crippen LogP contribution is -2.03. The topological polar surface area (TPSA) is 70.2 Å². The third-order valence-electron chi connectivity index (χ3n) is 3.26. The highest BCUT2D eigenvalue weighted by atomic mass is 79.9. The third-order valence-corrected chi connectivity index (χ3v) is 3.81. The van der Waals surface area contributed by atoms with Gasteiger partial charge in [0.2, 0.25) is 0 Å². The molecule has 0 aliphatic carbocycles. The fraction of sp³-hybridized carbons (Fsp3) is 0.308. The van der Waals surface area contributed by atoms with Gasteiger partial charge in [0.15, 0.2) is 0 Å². The van der Waals surface area contributed by atoms with Crippen molar-refractivity contribution in [2.24, 2.45) is 0 Å². The van der Waals surface area contributed by atoms with Crippen molar-refractivity contribution in [2.45, 2.75) is 19.4 Å². The van der Waals surface area contributed by atoms with Crippen LogP contribution < -0.4 is 4.74 Å². The highest BCUT2D eigenvalue weighted by Gasteiger charge is 2.18. The summed E-state index contributed by atoms with van der Waals surface area (Å²) in [5.41, 5.74) is 2.42. The summed E-state index contributed by atoms with van der Waals surface area (Å²) in [6, 6.07) is 6.14. The van der Waals surface area contributed by atoms with E-state index in [1.54, 1.807) is 10.9 Å². The second-order valence-electron chi connectivity index (χ2n) is 4.61. The van der Waals surface area contributed by atoms with Crippen molar-refractivity contribution < 1.29 is 9.66 Å². The van der Waals surface area contributed by atoms with Crippen molar-refractivity contribution in [3.63, 3.8) is 0 Å². The lowest BCUT2D eigenvalue weighted by atomic mass is 10.1. The van der Waals surface area contributed by atoms with E-state index in [1.165, 1.54) is 11.1 Å². The van der Waals surface area contributed by atoms with E-state index in [9.17, 15) is 10.1 Å². The van der Waals surface area contributed by atoms with E-state index < -0.39 is 4.92 Å². The van der Waals surface area contributed by atoms with Crippen LogP contribution in [0, 0.1) is 10.1 Å². The Labute approximate surface area is 123 Å². The summed E-state index contributed by atoms with van der Waals surface area (Å²) in [6.45, 7) is 1.35. The smallest absolute Gasteiger partial charge is 0.404 e. The number of nitro groups is 1. The summed E-state index contributed by atoms with van der Waals surface area (Å²) < 4.78 is 7.46. The van der Waals surface area contributed by atoms with E-state index >= 15 is 0 Å². The normalized spacial score (nSPS) is 13.1. The average Bonchev–Trinajstić information content (AvgIpc) is 3.01. The van der Waals surface area contributed by atoms with Crippen molar-refractivity contribution in [1.29, 1.82) is 0 Å². The van der Waals surface area contributed by atoms with Gasteiger partial charge in [-0.3, -0.25) is 0 Å². The maximum Gasteiger partial charge on any atom is 0.404 e. The highest BCUT2D eigenvalue weighted by molar-refractivity contribution is 9.10. The quantitative estimate of drug-likeness (QED) is 0.635. The van der Waals surface area contributed by atoms with Crippen LogP contribution in [-0.4, -0.2) is 21.3 Å². The summed E-state index contributed by atoms with van der Waals surface area (Å²) in [4.78, 5) is 10.2. The van der Waals surface area contributed by atoms with Crippen LogP contribution in [0.2, 0.25) is 0 Å². The first-order valence-electron chi connectivity index (χ1n) is 6.25. The van der Waals surface area contributed by atoms with Gasteiger partial charge < -0.3 is 14.9 Å². The molecule has 6 nitrogen and oxygen atoms in total. The number of aryl methyl sites for hydroxylation is 2. The van der Waals surface area contributed by atoms with Gasteiger partial charge in [-0.25, -0.2) is 0 Å². The average molecular weight is 338 g/mol. The minimum absolute atomic E-state index is 0.146. The third kappa shape index (κ3) is 2.53. The zero-order valence-electron chi connectivity index (χ0n) is 10.6.